The van der Waals surface area contributed by atoms with Gasteiger partial charge in [0.15, 0.2) is 5.62 Å². The van der Waals surface area contributed by atoms with Crippen LogP contribution in [0.15, 0.2) is 0 Å². The molecule has 0 aromatic carbocycles. The van der Waals surface area contributed by atoms with Crippen LogP contribution in [0.2, 0.25) is 0 Å². The van der Waals surface area contributed by atoms with E-state index in [-0.39, 0.29) is 55.7 Å². The Balaban J connectivity index is 0. The maximum absolute atomic E-state index is 9.41. The van der Waals surface area contributed by atoms with Crippen LogP contribution in [0, 0.1) is 0 Å². The first-order chi connectivity index (χ1) is 2.77. The van der Waals surface area contributed by atoms with Crippen LogP contribution in [-0.2, 0) is 4.79 Å². The van der Waals surface area contributed by atoms with Gasteiger partial charge in [-0.1, -0.05) is 12.2 Å². The van der Waals surface area contributed by atoms with Crippen molar-refractivity contribution >= 4 is 85.3 Å². The van der Waals surface area contributed by atoms with Crippen molar-refractivity contribution in [2.75, 3.05) is 0 Å². The molecule has 0 heterocycles. The molecule has 0 bridgehead atoms. The first-order valence-electron chi connectivity index (χ1n) is 1.17. The van der Waals surface area contributed by atoms with Crippen LogP contribution in [0.25, 0.3) is 0 Å². The van der Waals surface area contributed by atoms with Crippen molar-refractivity contribution in [3.05, 3.63) is 0 Å². The van der Waals surface area contributed by atoms with Crippen LogP contribution in [0.3, 0.4) is 0 Å². The standard InChI is InChI=1S/C2H3NOS2.K.H/c3-2(5)6-1-4;;/h1H,(H2,3,5);;. The number of nitrogens with two attached hydrogens (primary N) is 1. The summed E-state index contributed by atoms with van der Waals surface area (Å²) in [6.07, 6.45) is 0. The molecular formula is C2H4KNOS2. The van der Waals surface area contributed by atoms with Crippen LogP contribution in [-0.4, -0.2) is 61.3 Å². The minimum atomic E-state index is 0. The Morgan fingerprint density at radius 2 is 2.29 bits per heavy atom. The van der Waals surface area contributed by atoms with Gasteiger partial charge in [0, 0.05) is 0 Å². The van der Waals surface area contributed by atoms with Crippen molar-refractivity contribution in [1.29, 1.82) is 0 Å². The Kier molecular flexibility index (Phi) is 12.2. The molecule has 0 aliphatic carbocycles. The molecule has 7 heavy (non-hydrogen) atoms. The summed E-state index contributed by atoms with van der Waals surface area (Å²) in [6.45, 7) is 0. The first-order valence-corrected chi connectivity index (χ1v) is 2.46. The Labute approximate surface area is 94.0 Å². The van der Waals surface area contributed by atoms with Gasteiger partial charge in [0.2, 0.25) is 0 Å². The van der Waals surface area contributed by atoms with E-state index in [1.54, 1.807) is 0 Å². The first kappa shape index (κ1) is 11.4. The summed E-state index contributed by atoms with van der Waals surface area (Å²) in [4.78, 5) is 9.41. The van der Waals surface area contributed by atoms with Crippen LogP contribution in [0.4, 0.5) is 0 Å². The molecule has 0 aliphatic rings. The van der Waals surface area contributed by atoms with Gasteiger partial charge in [-0.2, -0.15) is 0 Å². The van der Waals surface area contributed by atoms with E-state index < -0.39 is 0 Å². The topological polar surface area (TPSA) is 43.1 Å². The van der Waals surface area contributed by atoms with Gasteiger partial charge in [-0.15, -0.1) is 0 Å². The fraction of sp³-hybridized carbons (Fsp3) is 0. The van der Waals surface area contributed by atoms with Crippen LogP contribution < -0.4 is 5.73 Å². The molecule has 0 aromatic heterocycles. The molecule has 36 valence electrons. The zero-order valence-electron chi connectivity index (χ0n) is 2.88. The predicted octanol–water partition coefficient (Wildman–Crippen LogP) is -0.495. The summed E-state index contributed by atoms with van der Waals surface area (Å²) in [5.74, 6) is 0. The zero-order chi connectivity index (χ0) is 4.99. The van der Waals surface area contributed by atoms with Crippen LogP contribution in [0.1, 0.15) is 0 Å². The van der Waals surface area contributed by atoms with E-state index in [4.69, 9.17) is 5.73 Å². The second kappa shape index (κ2) is 7.55. The normalized spacial score (nSPS) is 6.29. The molecule has 0 amide bonds. The molecule has 0 saturated heterocycles. The van der Waals surface area contributed by atoms with E-state index in [1.807, 2.05) is 0 Å². The Hall–Kier alpha value is 1.55. The Morgan fingerprint density at radius 3 is 2.29 bits per heavy atom. The summed E-state index contributed by atoms with van der Waals surface area (Å²) < 4.78 is 0.171. The van der Waals surface area contributed by atoms with Gasteiger partial charge >= 0.3 is 51.4 Å². The van der Waals surface area contributed by atoms with Crippen molar-refractivity contribution in [2.45, 2.75) is 0 Å². The molecule has 0 rings (SSSR count). The summed E-state index contributed by atoms with van der Waals surface area (Å²) >= 11 is 5.12. The number of hydrogen-bond donors (Lipinski definition) is 1. The molecular weight excluding hydrogens is 157 g/mol. The molecule has 0 spiro atoms. The molecule has 0 radical (unpaired) electrons. The second-order valence-corrected chi connectivity index (χ2v) is 2.10. The van der Waals surface area contributed by atoms with E-state index in [1.165, 1.54) is 0 Å². The molecule has 0 atom stereocenters. The van der Waals surface area contributed by atoms with E-state index >= 15 is 0 Å². The summed E-state index contributed by atoms with van der Waals surface area (Å²) in [5, 5.41) is 0. The number of carbonyl (C=O) groups excluding carboxylic acids is 1. The molecule has 0 unspecified atom stereocenters. The number of thiocarbonyl (C=S) groups is 1. The molecule has 2 nitrogen and oxygen atoms in total. The van der Waals surface area contributed by atoms with Gasteiger partial charge in [-0.25, -0.2) is 0 Å². The van der Waals surface area contributed by atoms with Gasteiger partial charge in [-0.05, 0) is 11.8 Å². The predicted molar refractivity (Wildman–Crippen MR) is 38.3 cm³/mol. The Bertz CT molecular complexity index is 76.1. The minimum absolute atomic E-state index is 0. The number of thioether (sulfide) groups is 1. The van der Waals surface area contributed by atoms with Gasteiger partial charge in [0.05, 0.1) is 0 Å². The molecule has 5 heteroatoms. The van der Waals surface area contributed by atoms with Gasteiger partial charge in [0.25, 0.3) is 0 Å². The summed E-state index contributed by atoms with van der Waals surface area (Å²) in [5.41, 5.74) is 5.47. The summed E-state index contributed by atoms with van der Waals surface area (Å²) in [6, 6.07) is 0. The average molecular weight is 161 g/mol. The quantitative estimate of drug-likeness (QED) is 0.320. The van der Waals surface area contributed by atoms with Crippen molar-refractivity contribution < 1.29 is 4.79 Å². The van der Waals surface area contributed by atoms with E-state index in [0.29, 0.717) is 5.62 Å². The van der Waals surface area contributed by atoms with Crippen molar-refractivity contribution in [2.24, 2.45) is 5.73 Å². The van der Waals surface area contributed by atoms with Gasteiger partial charge in [0.1, 0.15) is 4.32 Å². The van der Waals surface area contributed by atoms with E-state index in [2.05, 4.69) is 12.2 Å². The fourth-order valence-corrected chi connectivity index (χ4v) is 0.260. The second-order valence-electron chi connectivity index (χ2n) is 0.533. The zero-order valence-corrected chi connectivity index (χ0v) is 4.51. The monoisotopic (exact) mass is 161 g/mol. The molecule has 0 fully saturated rings. The maximum atomic E-state index is 9.41. The third kappa shape index (κ3) is 11.2. The molecule has 0 aromatic rings. The summed E-state index contributed by atoms with van der Waals surface area (Å²) in [7, 11) is 0. The van der Waals surface area contributed by atoms with E-state index in [0.717, 1.165) is 11.8 Å². The SMILES string of the molecule is NC(=S)SC=O.[KH]. The number of carbonyl (C=O) groups is 1. The van der Waals surface area contributed by atoms with Gasteiger partial charge < -0.3 is 5.73 Å². The number of rotatable bonds is 1. The third-order valence-corrected chi connectivity index (χ3v) is 0.781. The molecule has 0 saturated carbocycles. The molecule has 0 aliphatic heterocycles. The van der Waals surface area contributed by atoms with Crippen molar-refractivity contribution in [1.82, 2.24) is 0 Å². The van der Waals surface area contributed by atoms with E-state index in [9.17, 15) is 4.79 Å². The van der Waals surface area contributed by atoms with Gasteiger partial charge in [-0.3, -0.25) is 4.79 Å². The Morgan fingerprint density at radius 1 is 1.86 bits per heavy atom. The fourth-order valence-electron chi connectivity index (χ4n) is 0.0474. The van der Waals surface area contributed by atoms with Crippen molar-refractivity contribution in [3.8, 4) is 0 Å². The molecule has 2 N–H and O–H groups in total. The van der Waals surface area contributed by atoms with Crippen LogP contribution in [0.5, 0.6) is 0 Å². The number of hydrogen-bond acceptors (Lipinski definition) is 3. The third-order valence-electron chi connectivity index (χ3n) is 0.164. The van der Waals surface area contributed by atoms with Crippen molar-refractivity contribution in [3.63, 3.8) is 0 Å². The average Bonchev–Trinajstić information content (AvgIpc) is 1.35. The van der Waals surface area contributed by atoms with Crippen LogP contribution >= 0.6 is 24.0 Å².